The van der Waals surface area contributed by atoms with E-state index in [0.717, 1.165) is 23.4 Å². The van der Waals surface area contributed by atoms with Crippen molar-refractivity contribution >= 4 is 33.3 Å². The molecule has 1 aromatic carbocycles. The molecule has 0 bridgehead atoms. The molecule has 3 aromatic heterocycles. The standard InChI is InChI=1S/C20H20N4O2S/c1-13-18(27-20(24-13)23-12-15-5-4-10-26-15)19(25)21-9-8-14-11-22-17-7-3-2-6-16(14)17/h2-7,10-11,22H,8-9,12H2,1H3,(H,21,25)(H,23,24). The maximum atomic E-state index is 12.5. The van der Waals surface area contributed by atoms with Crippen molar-refractivity contribution in [2.24, 2.45) is 0 Å². The highest BCUT2D eigenvalue weighted by Crippen LogP contribution is 2.23. The number of anilines is 1. The SMILES string of the molecule is Cc1nc(NCc2ccco2)sc1C(=O)NCCc1c[nH]c2ccccc12. The Bertz CT molecular complexity index is 1050. The van der Waals surface area contributed by atoms with Crippen molar-refractivity contribution in [2.75, 3.05) is 11.9 Å². The van der Waals surface area contributed by atoms with E-state index in [0.29, 0.717) is 23.1 Å². The minimum Gasteiger partial charge on any atom is -0.467 e. The molecule has 138 valence electrons. The summed E-state index contributed by atoms with van der Waals surface area (Å²) in [5.41, 5.74) is 3.05. The van der Waals surface area contributed by atoms with Gasteiger partial charge in [0.05, 0.1) is 18.5 Å². The maximum absolute atomic E-state index is 12.5. The Kier molecular flexibility index (Phi) is 4.93. The molecule has 0 unspecified atom stereocenters. The molecule has 0 aliphatic rings. The molecule has 1 amide bonds. The van der Waals surface area contributed by atoms with Gasteiger partial charge in [-0.3, -0.25) is 4.79 Å². The monoisotopic (exact) mass is 380 g/mol. The van der Waals surface area contributed by atoms with Gasteiger partial charge in [0.1, 0.15) is 10.6 Å². The Hall–Kier alpha value is -3.06. The molecule has 0 fully saturated rings. The molecule has 7 heteroatoms. The van der Waals surface area contributed by atoms with Gasteiger partial charge in [-0.2, -0.15) is 0 Å². The number of nitrogens with one attached hydrogen (secondary N) is 3. The predicted octanol–water partition coefficient (Wildman–Crippen LogP) is 4.11. The molecule has 6 nitrogen and oxygen atoms in total. The summed E-state index contributed by atoms with van der Waals surface area (Å²) in [6, 6.07) is 11.9. The molecule has 4 aromatic rings. The summed E-state index contributed by atoms with van der Waals surface area (Å²) in [5.74, 6) is 0.739. The molecular formula is C20H20N4O2S. The minimum atomic E-state index is -0.0871. The van der Waals surface area contributed by atoms with Gasteiger partial charge in [-0.1, -0.05) is 29.5 Å². The number of amides is 1. The summed E-state index contributed by atoms with van der Waals surface area (Å²) in [5, 5.41) is 8.10. The summed E-state index contributed by atoms with van der Waals surface area (Å²) < 4.78 is 5.29. The van der Waals surface area contributed by atoms with E-state index in [2.05, 4.69) is 32.7 Å². The van der Waals surface area contributed by atoms with E-state index < -0.39 is 0 Å². The number of nitrogens with zero attached hydrogens (tertiary/aromatic N) is 1. The second-order valence-corrected chi connectivity index (χ2v) is 7.23. The summed E-state index contributed by atoms with van der Waals surface area (Å²) in [6.45, 7) is 2.97. The van der Waals surface area contributed by atoms with Gasteiger partial charge in [-0.15, -0.1) is 0 Å². The first-order chi connectivity index (χ1) is 13.2. The number of aromatic nitrogens is 2. The Morgan fingerprint density at radius 3 is 3.00 bits per heavy atom. The zero-order chi connectivity index (χ0) is 18.6. The Balaban J connectivity index is 1.34. The first kappa shape index (κ1) is 17.4. The van der Waals surface area contributed by atoms with Gasteiger partial charge < -0.3 is 20.0 Å². The van der Waals surface area contributed by atoms with E-state index in [9.17, 15) is 4.79 Å². The maximum Gasteiger partial charge on any atom is 0.263 e. The van der Waals surface area contributed by atoms with Crippen molar-refractivity contribution in [3.05, 3.63) is 70.8 Å². The van der Waals surface area contributed by atoms with Gasteiger partial charge in [0.2, 0.25) is 0 Å². The van der Waals surface area contributed by atoms with Gasteiger partial charge in [-0.25, -0.2) is 4.98 Å². The van der Waals surface area contributed by atoms with Crippen LogP contribution in [0.3, 0.4) is 0 Å². The molecule has 4 rings (SSSR count). The van der Waals surface area contributed by atoms with Crippen LogP contribution < -0.4 is 10.6 Å². The fourth-order valence-corrected chi connectivity index (χ4v) is 3.87. The molecule has 0 spiro atoms. The first-order valence-corrected chi connectivity index (χ1v) is 9.59. The van der Waals surface area contributed by atoms with Gasteiger partial charge in [0, 0.05) is 23.6 Å². The highest BCUT2D eigenvalue weighted by Gasteiger charge is 2.15. The lowest BCUT2D eigenvalue weighted by Crippen LogP contribution is -2.25. The van der Waals surface area contributed by atoms with Crippen molar-refractivity contribution in [3.63, 3.8) is 0 Å². The number of hydrogen-bond donors (Lipinski definition) is 3. The van der Waals surface area contributed by atoms with Crippen LogP contribution in [-0.4, -0.2) is 22.4 Å². The molecule has 0 saturated heterocycles. The van der Waals surface area contributed by atoms with Crippen molar-refractivity contribution < 1.29 is 9.21 Å². The fraction of sp³-hybridized carbons (Fsp3) is 0.200. The molecule has 3 N–H and O–H groups in total. The fourth-order valence-electron chi connectivity index (χ4n) is 2.99. The number of carbonyl (C=O) groups is 1. The number of para-hydroxylation sites is 1. The minimum absolute atomic E-state index is 0.0871. The van der Waals surface area contributed by atoms with Crippen LogP contribution in [0.4, 0.5) is 5.13 Å². The van der Waals surface area contributed by atoms with E-state index in [1.54, 1.807) is 6.26 Å². The summed E-state index contributed by atoms with van der Waals surface area (Å²) >= 11 is 1.36. The average Bonchev–Trinajstić information content (AvgIpc) is 3.40. The highest BCUT2D eigenvalue weighted by atomic mass is 32.1. The van der Waals surface area contributed by atoms with Crippen LogP contribution in [0.1, 0.15) is 26.7 Å². The van der Waals surface area contributed by atoms with Crippen LogP contribution in [0.15, 0.2) is 53.3 Å². The number of furan rings is 1. The van der Waals surface area contributed by atoms with E-state index in [1.807, 2.05) is 37.4 Å². The third-order valence-electron chi connectivity index (χ3n) is 4.35. The second kappa shape index (κ2) is 7.67. The van der Waals surface area contributed by atoms with Gasteiger partial charge >= 0.3 is 0 Å². The second-order valence-electron chi connectivity index (χ2n) is 6.23. The Morgan fingerprint density at radius 1 is 1.26 bits per heavy atom. The number of fused-ring (bicyclic) bond motifs is 1. The number of aromatic amines is 1. The van der Waals surface area contributed by atoms with E-state index in [1.165, 1.54) is 22.3 Å². The quantitative estimate of drug-likeness (QED) is 0.451. The lowest BCUT2D eigenvalue weighted by molar-refractivity contribution is 0.0957. The third-order valence-corrected chi connectivity index (χ3v) is 5.47. The number of H-pyrrole nitrogens is 1. The van der Waals surface area contributed by atoms with Gasteiger partial charge in [0.25, 0.3) is 5.91 Å². The summed E-state index contributed by atoms with van der Waals surface area (Å²) in [7, 11) is 0. The van der Waals surface area contributed by atoms with Crippen molar-refractivity contribution in [1.82, 2.24) is 15.3 Å². The van der Waals surface area contributed by atoms with Crippen LogP contribution in [0, 0.1) is 6.92 Å². The predicted molar refractivity (Wildman–Crippen MR) is 107 cm³/mol. The zero-order valence-corrected chi connectivity index (χ0v) is 15.7. The molecule has 0 atom stereocenters. The zero-order valence-electron chi connectivity index (χ0n) is 14.9. The molecule has 0 aliphatic carbocycles. The van der Waals surface area contributed by atoms with E-state index >= 15 is 0 Å². The van der Waals surface area contributed by atoms with Crippen LogP contribution >= 0.6 is 11.3 Å². The molecule has 27 heavy (non-hydrogen) atoms. The van der Waals surface area contributed by atoms with Crippen molar-refractivity contribution in [1.29, 1.82) is 0 Å². The van der Waals surface area contributed by atoms with Crippen LogP contribution in [0.5, 0.6) is 0 Å². The number of hydrogen-bond acceptors (Lipinski definition) is 5. The third kappa shape index (κ3) is 3.88. The van der Waals surface area contributed by atoms with Crippen molar-refractivity contribution in [2.45, 2.75) is 19.9 Å². The smallest absolute Gasteiger partial charge is 0.263 e. The molecule has 0 aliphatic heterocycles. The van der Waals surface area contributed by atoms with E-state index in [-0.39, 0.29) is 5.91 Å². The molecule has 0 saturated carbocycles. The highest BCUT2D eigenvalue weighted by molar-refractivity contribution is 7.17. The molecule has 0 radical (unpaired) electrons. The molecular weight excluding hydrogens is 360 g/mol. The number of rotatable bonds is 7. The first-order valence-electron chi connectivity index (χ1n) is 8.77. The van der Waals surface area contributed by atoms with Crippen molar-refractivity contribution in [3.8, 4) is 0 Å². The van der Waals surface area contributed by atoms with Crippen LogP contribution in [0.2, 0.25) is 0 Å². The topological polar surface area (TPSA) is 82.9 Å². The number of carbonyl (C=O) groups excluding carboxylic acids is 1. The Morgan fingerprint density at radius 2 is 2.15 bits per heavy atom. The van der Waals surface area contributed by atoms with Gasteiger partial charge in [-0.05, 0) is 37.1 Å². The number of benzene rings is 1. The average molecular weight is 380 g/mol. The largest absolute Gasteiger partial charge is 0.467 e. The summed E-state index contributed by atoms with van der Waals surface area (Å²) in [6.07, 6.45) is 4.42. The number of aryl methyl sites for hydroxylation is 1. The Labute approximate surface area is 160 Å². The lowest BCUT2D eigenvalue weighted by atomic mass is 10.1. The normalized spacial score (nSPS) is 11.0. The lowest BCUT2D eigenvalue weighted by Gasteiger charge is -2.03. The number of thiazole rings is 1. The van der Waals surface area contributed by atoms with E-state index in [4.69, 9.17) is 4.42 Å². The molecule has 3 heterocycles. The summed E-state index contributed by atoms with van der Waals surface area (Å²) in [4.78, 5) is 20.8. The van der Waals surface area contributed by atoms with Crippen LogP contribution in [0.25, 0.3) is 10.9 Å². The van der Waals surface area contributed by atoms with Crippen LogP contribution in [-0.2, 0) is 13.0 Å². The van der Waals surface area contributed by atoms with Gasteiger partial charge in [0.15, 0.2) is 5.13 Å².